The average molecular weight is 437 g/mol. The molecule has 9 nitrogen and oxygen atoms in total. The normalized spacial score (nSPS) is 16.5. The fourth-order valence-electron chi connectivity index (χ4n) is 3.84. The molecule has 3 aromatic heterocycles. The second kappa shape index (κ2) is 7.31. The Kier molecular flexibility index (Phi) is 4.58. The van der Waals surface area contributed by atoms with Gasteiger partial charge in [0, 0.05) is 25.7 Å². The van der Waals surface area contributed by atoms with E-state index >= 15 is 0 Å². The Balaban J connectivity index is 1.34. The van der Waals surface area contributed by atoms with E-state index < -0.39 is 11.9 Å². The molecule has 0 aliphatic carbocycles. The molecule has 1 unspecified atom stereocenters. The summed E-state index contributed by atoms with van der Waals surface area (Å²) in [5.74, 6) is -0.302. The van der Waals surface area contributed by atoms with E-state index in [-0.39, 0.29) is 31.0 Å². The summed E-state index contributed by atoms with van der Waals surface area (Å²) in [6.07, 6.45) is 0.108. The standard InChI is InChI=1S/C21H19N5O4S/c1-12-3-5-14(6-4-12)25-10-13(9-17(25)27)20(29)30-11-16-22-23-21-24(2)19(28)18-15(26(16)21)7-8-31-18/h3-8,13H,9-11H2,1-2H3. The Labute approximate surface area is 180 Å². The third-order valence-corrected chi connectivity index (χ3v) is 6.44. The van der Waals surface area contributed by atoms with Crippen molar-refractivity contribution in [2.75, 3.05) is 11.4 Å². The van der Waals surface area contributed by atoms with Crippen LogP contribution in [-0.4, -0.2) is 37.6 Å². The second-order valence-corrected chi connectivity index (χ2v) is 8.52. The van der Waals surface area contributed by atoms with Gasteiger partial charge in [-0.25, -0.2) is 0 Å². The van der Waals surface area contributed by atoms with Crippen molar-refractivity contribution in [1.29, 1.82) is 0 Å². The fraction of sp³-hybridized carbons (Fsp3) is 0.286. The Hall–Kier alpha value is -3.53. The number of esters is 1. The van der Waals surface area contributed by atoms with Crippen LogP contribution in [0.15, 0.2) is 40.5 Å². The molecule has 1 saturated heterocycles. The lowest BCUT2D eigenvalue weighted by molar-refractivity contribution is -0.149. The molecule has 1 fully saturated rings. The van der Waals surface area contributed by atoms with Crippen molar-refractivity contribution in [1.82, 2.24) is 19.2 Å². The van der Waals surface area contributed by atoms with Crippen LogP contribution in [0.5, 0.6) is 0 Å². The molecule has 5 rings (SSSR count). The van der Waals surface area contributed by atoms with Crippen molar-refractivity contribution in [3.8, 4) is 0 Å². The van der Waals surface area contributed by atoms with E-state index in [2.05, 4.69) is 10.2 Å². The molecule has 1 aromatic carbocycles. The minimum absolute atomic E-state index is 0.0988. The number of hydrogen-bond acceptors (Lipinski definition) is 7. The van der Waals surface area contributed by atoms with Gasteiger partial charge in [-0.3, -0.25) is 23.4 Å². The van der Waals surface area contributed by atoms with Gasteiger partial charge in [-0.1, -0.05) is 17.7 Å². The Morgan fingerprint density at radius 1 is 1.19 bits per heavy atom. The summed E-state index contributed by atoms with van der Waals surface area (Å²) in [6.45, 7) is 2.16. The third-order valence-electron chi connectivity index (χ3n) is 5.54. The van der Waals surface area contributed by atoms with E-state index in [1.54, 1.807) is 16.3 Å². The van der Waals surface area contributed by atoms with Crippen molar-refractivity contribution < 1.29 is 14.3 Å². The average Bonchev–Trinajstić information content (AvgIpc) is 3.49. The summed E-state index contributed by atoms with van der Waals surface area (Å²) in [6, 6.07) is 9.43. The van der Waals surface area contributed by atoms with Crippen LogP contribution in [0.2, 0.25) is 0 Å². The molecule has 1 aliphatic heterocycles. The van der Waals surface area contributed by atoms with Gasteiger partial charge < -0.3 is 9.64 Å². The van der Waals surface area contributed by atoms with Crippen LogP contribution in [0.25, 0.3) is 16.0 Å². The first-order valence-corrected chi connectivity index (χ1v) is 10.7. The first kappa shape index (κ1) is 19.4. The number of amides is 1. The number of benzene rings is 1. The molecule has 4 aromatic rings. The van der Waals surface area contributed by atoms with Gasteiger partial charge in [0.25, 0.3) is 5.56 Å². The Bertz CT molecular complexity index is 1380. The topological polar surface area (TPSA) is 98.8 Å². The maximum Gasteiger partial charge on any atom is 0.311 e. The number of ether oxygens (including phenoxy) is 1. The summed E-state index contributed by atoms with van der Waals surface area (Å²) in [4.78, 5) is 39.1. The number of aryl methyl sites for hydroxylation is 2. The molecule has 0 N–H and O–H groups in total. The zero-order valence-electron chi connectivity index (χ0n) is 16.9. The highest BCUT2D eigenvalue weighted by molar-refractivity contribution is 7.17. The number of fused-ring (bicyclic) bond motifs is 3. The van der Waals surface area contributed by atoms with Crippen LogP contribution in [0.1, 0.15) is 17.8 Å². The number of aromatic nitrogens is 4. The van der Waals surface area contributed by atoms with Crippen LogP contribution < -0.4 is 10.5 Å². The van der Waals surface area contributed by atoms with Gasteiger partial charge in [0.2, 0.25) is 11.7 Å². The third kappa shape index (κ3) is 3.19. The number of nitrogens with zero attached hydrogens (tertiary/aromatic N) is 5. The molecule has 31 heavy (non-hydrogen) atoms. The minimum atomic E-state index is -0.543. The largest absolute Gasteiger partial charge is 0.457 e. The zero-order valence-corrected chi connectivity index (χ0v) is 17.8. The van der Waals surface area contributed by atoms with E-state index in [1.165, 1.54) is 15.9 Å². The van der Waals surface area contributed by atoms with E-state index in [0.29, 0.717) is 21.8 Å². The van der Waals surface area contributed by atoms with E-state index in [9.17, 15) is 14.4 Å². The number of thiophene rings is 1. The fourth-order valence-corrected chi connectivity index (χ4v) is 4.69. The molecule has 4 heterocycles. The molecule has 10 heteroatoms. The summed E-state index contributed by atoms with van der Waals surface area (Å²) < 4.78 is 9.23. The van der Waals surface area contributed by atoms with Crippen molar-refractivity contribution in [2.45, 2.75) is 20.0 Å². The van der Waals surface area contributed by atoms with Crippen molar-refractivity contribution in [3.63, 3.8) is 0 Å². The molecule has 1 atom stereocenters. The number of rotatable bonds is 4. The maximum atomic E-state index is 12.7. The molecule has 0 saturated carbocycles. The lowest BCUT2D eigenvalue weighted by Crippen LogP contribution is -2.26. The second-order valence-electron chi connectivity index (χ2n) is 7.60. The minimum Gasteiger partial charge on any atom is -0.457 e. The molecule has 0 radical (unpaired) electrons. The predicted octanol–water partition coefficient (Wildman–Crippen LogP) is 2.05. The molecule has 0 spiro atoms. The van der Waals surface area contributed by atoms with Crippen LogP contribution in [0.4, 0.5) is 5.69 Å². The van der Waals surface area contributed by atoms with Crippen molar-refractivity contribution in [2.24, 2.45) is 13.0 Å². The first-order valence-electron chi connectivity index (χ1n) is 9.78. The van der Waals surface area contributed by atoms with Crippen molar-refractivity contribution in [3.05, 3.63) is 57.5 Å². The number of carbonyl (C=O) groups excluding carboxylic acids is 2. The van der Waals surface area contributed by atoms with Gasteiger partial charge in [-0.05, 0) is 30.5 Å². The Morgan fingerprint density at radius 2 is 1.97 bits per heavy atom. The molecule has 158 valence electrons. The zero-order chi connectivity index (χ0) is 21.7. The number of carbonyl (C=O) groups is 2. The summed E-state index contributed by atoms with van der Waals surface area (Å²) in [5, 5.41) is 10.0. The van der Waals surface area contributed by atoms with Crippen LogP contribution >= 0.6 is 11.3 Å². The highest BCUT2D eigenvalue weighted by atomic mass is 32.1. The molecule has 1 aliphatic rings. The monoisotopic (exact) mass is 437 g/mol. The first-order chi connectivity index (χ1) is 14.9. The smallest absolute Gasteiger partial charge is 0.311 e. The SMILES string of the molecule is Cc1ccc(N2CC(C(=O)OCc3nnc4n(C)c(=O)c5sccc5n34)CC2=O)cc1. The van der Waals surface area contributed by atoms with Gasteiger partial charge in [0.1, 0.15) is 4.70 Å². The molecule has 0 bridgehead atoms. The number of hydrogen-bond donors (Lipinski definition) is 0. The van der Waals surface area contributed by atoms with E-state index in [4.69, 9.17) is 4.74 Å². The molecular weight excluding hydrogens is 418 g/mol. The van der Waals surface area contributed by atoms with Gasteiger partial charge in [-0.2, -0.15) is 0 Å². The summed E-state index contributed by atoms with van der Waals surface area (Å²) >= 11 is 1.34. The van der Waals surface area contributed by atoms with E-state index in [1.807, 2.05) is 42.6 Å². The number of anilines is 1. The van der Waals surface area contributed by atoms with Crippen LogP contribution in [0, 0.1) is 12.8 Å². The predicted molar refractivity (Wildman–Crippen MR) is 115 cm³/mol. The van der Waals surface area contributed by atoms with Gasteiger partial charge in [0.15, 0.2) is 12.4 Å². The van der Waals surface area contributed by atoms with Gasteiger partial charge in [0.05, 0.1) is 11.4 Å². The molecular formula is C21H19N5O4S. The highest BCUT2D eigenvalue weighted by Crippen LogP contribution is 2.26. The van der Waals surface area contributed by atoms with Gasteiger partial charge >= 0.3 is 5.97 Å². The summed E-state index contributed by atoms with van der Waals surface area (Å²) in [5.41, 5.74) is 2.41. The van der Waals surface area contributed by atoms with Crippen LogP contribution in [0.3, 0.4) is 0 Å². The quantitative estimate of drug-likeness (QED) is 0.453. The molecule has 1 amide bonds. The lowest BCUT2D eigenvalue weighted by atomic mass is 10.1. The summed E-state index contributed by atoms with van der Waals surface area (Å²) in [7, 11) is 1.63. The van der Waals surface area contributed by atoms with E-state index in [0.717, 1.165) is 11.3 Å². The lowest BCUT2D eigenvalue weighted by Gasteiger charge is -2.16. The van der Waals surface area contributed by atoms with Gasteiger partial charge in [-0.15, -0.1) is 21.5 Å². The maximum absolute atomic E-state index is 12.7. The Morgan fingerprint density at radius 3 is 2.74 bits per heavy atom. The highest BCUT2D eigenvalue weighted by Gasteiger charge is 2.36. The van der Waals surface area contributed by atoms with Crippen molar-refractivity contribution >= 4 is 44.9 Å². The van der Waals surface area contributed by atoms with Crippen LogP contribution in [-0.2, 0) is 28.0 Å².